The summed E-state index contributed by atoms with van der Waals surface area (Å²) in [5, 5.41) is 35.0. The van der Waals surface area contributed by atoms with Crippen molar-refractivity contribution < 1.29 is 34.5 Å². The molecular formula is C23H37N7O7. The van der Waals surface area contributed by atoms with Crippen molar-refractivity contribution in [3.05, 3.63) is 29.8 Å². The van der Waals surface area contributed by atoms with E-state index in [2.05, 4.69) is 20.9 Å². The normalized spacial score (nSPS) is 14.1. The molecule has 37 heavy (non-hydrogen) atoms. The molecule has 0 fully saturated rings. The maximum absolute atomic E-state index is 13.1. The minimum Gasteiger partial charge on any atom is -0.508 e. The van der Waals surface area contributed by atoms with Crippen molar-refractivity contribution in [3.8, 4) is 5.75 Å². The number of phenolic OH excluding ortho intramolecular Hbond substituents is 1. The van der Waals surface area contributed by atoms with Gasteiger partial charge in [0.1, 0.15) is 23.9 Å². The van der Waals surface area contributed by atoms with E-state index in [0.717, 1.165) is 0 Å². The number of nitrogens with one attached hydrogen (secondary N) is 3. The largest absolute Gasteiger partial charge is 0.508 e. The van der Waals surface area contributed by atoms with Gasteiger partial charge in [0.2, 0.25) is 17.7 Å². The molecule has 0 aliphatic heterocycles. The van der Waals surface area contributed by atoms with Crippen molar-refractivity contribution >= 4 is 29.7 Å². The Morgan fingerprint density at radius 3 is 2.05 bits per heavy atom. The van der Waals surface area contributed by atoms with E-state index in [-0.39, 0.29) is 31.1 Å². The third-order valence-corrected chi connectivity index (χ3v) is 5.35. The maximum atomic E-state index is 13.1. The molecular weight excluding hydrogens is 486 g/mol. The van der Waals surface area contributed by atoms with Gasteiger partial charge in [-0.05, 0) is 42.9 Å². The Bertz CT molecular complexity index is 949. The van der Waals surface area contributed by atoms with Crippen LogP contribution in [0.15, 0.2) is 29.3 Å². The molecule has 0 aromatic heterocycles. The van der Waals surface area contributed by atoms with Crippen LogP contribution in [0.4, 0.5) is 0 Å². The highest BCUT2D eigenvalue weighted by Gasteiger charge is 2.31. The number of carboxylic acid groups (broad SMARTS) is 1. The van der Waals surface area contributed by atoms with Crippen molar-refractivity contribution in [2.45, 2.75) is 57.3 Å². The number of aliphatic hydroxyl groups is 1. The molecule has 14 heteroatoms. The lowest BCUT2D eigenvalue weighted by molar-refractivity contribution is -0.143. The molecule has 0 saturated carbocycles. The number of guanidine groups is 1. The third-order valence-electron chi connectivity index (χ3n) is 5.35. The number of hydrogen-bond donors (Lipinski definition) is 9. The molecule has 14 nitrogen and oxygen atoms in total. The summed E-state index contributed by atoms with van der Waals surface area (Å²) in [6.07, 6.45) is 0.567. The summed E-state index contributed by atoms with van der Waals surface area (Å²) >= 11 is 0. The maximum Gasteiger partial charge on any atom is 0.328 e. The predicted molar refractivity (Wildman–Crippen MR) is 135 cm³/mol. The van der Waals surface area contributed by atoms with Gasteiger partial charge in [-0.3, -0.25) is 19.4 Å². The van der Waals surface area contributed by atoms with E-state index in [9.17, 15) is 29.4 Å². The molecule has 206 valence electrons. The first kappa shape index (κ1) is 31.1. The average molecular weight is 524 g/mol. The first-order valence-electron chi connectivity index (χ1n) is 11.7. The fourth-order valence-corrected chi connectivity index (χ4v) is 3.27. The molecule has 1 aromatic rings. The Hall–Kier alpha value is -3.91. The van der Waals surface area contributed by atoms with Crippen LogP contribution in [0.1, 0.15) is 32.3 Å². The smallest absolute Gasteiger partial charge is 0.328 e. The SMILES string of the molecule is CC(C)C(NC(=O)C(CCCN=C(N)N)NC(=O)C(N)Cc1ccc(O)cc1)C(=O)NC(CO)C(=O)O. The Labute approximate surface area is 214 Å². The van der Waals surface area contributed by atoms with Crippen LogP contribution in [0.25, 0.3) is 0 Å². The summed E-state index contributed by atoms with van der Waals surface area (Å²) in [6.45, 7) is 2.63. The lowest BCUT2D eigenvalue weighted by atomic mass is 10.0. The standard InChI is InChI=1S/C23H37N7O7/c1-12(2)18(21(35)29-17(11-31)22(36)37)30-20(34)16(4-3-9-27-23(25)26)28-19(33)15(24)10-13-5-7-14(32)8-6-13/h5-8,12,15-18,31-32H,3-4,9-11,24H2,1-2H3,(H,28,33)(H,29,35)(H,30,34)(H,36,37)(H4,25,26,27). The van der Waals surface area contributed by atoms with Gasteiger partial charge in [-0.25, -0.2) is 4.79 Å². The van der Waals surface area contributed by atoms with Crippen molar-refractivity contribution in [1.82, 2.24) is 16.0 Å². The number of carboxylic acids is 1. The van der Waals surface area contributed by atoms with Gasteiger partial charge in [-0.2, -0.15) is 0 Å². The van der Waals surface area contributed by atoms with E-state index in [1.54, 1.807) is 26.0 Å². The molecule has 4 unspecified atom stereocenters. The minimum absolute atomic E-state index is 0.0664. The number of hydrogen-bond acceptors (Lipinski definition) is 8. The van der Waals surface area contributed by atoms with Gasteiger partial charge in [0.05, 0.1) is 12.6 Å². The second-order valence-corrected chi connectivity index (χ2v) is 8.80. The fraction of sp³-hybridized carbons (Fsp3) is 0.522. The molecule has 1 aromatic carbocycles. The summed E-state index contributed by atoms with van der Waals surface area (Å²) in [5.41, 5.74) is 17.4. The molecule has 0 radical (unpaired) electrons. The van der Waals surface area contributed by atoms with Gasteiger partial charge < -0.3 is 48.5 Å². The van der Waals surface area contributed by atoms with Crippen LogP contribution in [0.2, 0.25) is 0 Å². The van der Waals surface area contributed by atoms with Crippen LogP contribution in [0.3, 0.4) is 0 Å². The second-order valence-electron chi connectivity index (χ2n) is 8.80. The molecule has 0 heterocycles. The Morgan fingerprint density at radius 1 is 0.946 bits per heavy atom. The summed E-state index contributed by atoms with van der Waals surface area (Å²) < 4.78 is 0. The van der Waals surface area contributed by atoms with E-state index in [4.69, 9.17) is 22.3 Å². The molecule has 1 rings (SSSR count). The number of carbonyl (C=O) groups is 4. The lowest BCUT2D eigenvalue weighted by Crippen LogP contribution is -2.59. The molecule has 12 N–H and O–H groups in total. The highest BCUT2D eigenvalue weighted by atomic mass is 16.4. The summed E-state index contributed by atoms with van der Waals surface area (Å²) in [5.74, 6) is -4.07. The van der Waals surface area contributed by atoms with Crippen LogP contribution in [-0.2, 0) is 25.6 Å². The highest BCUT2D eigenvalue weighted by molar-refractivity contribution is 5.94. The minimum atomic E-state index is -1.54. The number of nitrogens with zero attached hydrogens (tertiary/aromatic N) is 1. The van der Waals surface area contributed by atoms with Crippen molar-refractivity contribution in [1.29, 1.82) is 0 Å². The molecule has 0 aliphatic rings. The number of aromatic hydroxyl groups is 1. The zero-order valence-electron chi connectivity index (χ0n) is 20.9. The number of benzene rings is 1. The topological polar surface area (TPSA) is 255 Å². The molecule has 0 bridgehead atoms. The highest BCUT2D eigenvalue weighted by Crippen LogP contribution is 2.11. The van der Waals surface area contributed by atoms with E-state index in [0.29, 0.717) is 12.0 Å². The Morgan fingerprint density at radius 2 is 1.54 bits per heavy atom. The fourth-order valence-electron chi connectivity index (χ4n) is 3.27. The molecule has 3 amide bonds. The number of aliphatic hydroxyl groups excluding tert-OH is 1. The molecule has 0 aliphatic carbocycles. The lowest BCUT2D eigenvalue weighted by Gasteiger charge is -2.27. The number of phenols is 1. The van der Waals surface area contributed by atoms with Crippen molar-refractivity contribution in [2.75, 3.05) is 13.2 Å². The average Bonchev–Trinajstić information content (AvgIpc) is 2.83. The Kier molecular flexibility index (Phi) is 12.8. The van der Waals surface area contributed by atoms with E-state index < -0.39 is 60.4 Å². The first-order valence-corrected chi connectivity index (χ1v) is 11.7. The first-order chi connectivity index (χ1) is 17.3. The molecule has 0 saturated heterocycles. The van der Waals surface area contributed by atoms with Gasteiger partial charge >= 0.3 is 5.97 Å². The van der Waals surface area contributed by atoms with Gasteiger partial charge in [-0.1, -0.05) is 26.0 Å². The number of aliphatic imine (C=N–C) groups is 1. The molecule has 0 spiro atoms. The zero-order chi connectivity index (χ0) is 28.1. The van der Waals surface area contributed by atoms with Crippen LogP contribution in [0.5, 0.6) is 5.75 Å². The van der Waals surface area contributed by atoms with Crippen molar-refractivity contribution in [3.63, 3.8) is 0 Å². The number of nitrogens with two attached hydrogens (primary N) is 3. The van der Waals surface area contributed by atoms with Crippen LogP contribution < -0.4 is 33.2 Å². The van der Waals surface area contributed by atoms with E-state index in [1.807, 2.05) is 0 Å². The van der Waals surface area contributed by atoms with Crippen LogP contribution in [0, 0.1) is 5.92 Å². The predicted octanol–water partition coefficient (Wildman–Crippen LogP) is -2.50. The second kappa shape index (κ2) is 15.3. The quantitative estimate of drug-likeness (QED) is 0.0663. The number of aliphatic carboxylic acids is 1. The summed E-state index contributed by atoms with van der Waals surface area (Å²) in [7, 11) is 0. The zero-order valence-corrected chi connectivity index (χ0v) is 20.9. The van der Waals surface area contributed by atoms with Crippen LogP contribution >= 0.6 is 0 Å². The van der Waals surface area contributed by atoms with E-state index in [1.165, 1.54) is 12.1 Å². The molecule has 4 atom stereocenters. The Balaban J connectivity index is 2.97. The number of rotatable bonds is 15. The van der Waals surface area contributed by atoms with Gasteiger partial charge in [0.25, 0.3) is 0 Å². The van der Waals surface area contributed by atoms with Gasteiger partial charge in [-0.15, -0.1) is 0 Å². The third kappa shape index (κ3) is 11.1. The van der Waals surface area contributed by atoms with Crippen molar-refractivity contribution in [2.24, 2.45) is 28.1 Å². The number of carbonyl (C=O) groups excluding carboxylic acids is 3. The van der Waals surface area contributed by atoms with Crippen LogP contribution in [-0.4, -0.2) is 82.3 Å². The number of amides is 3. The van der Waals surface area contributed by atoms with Gasteiger partial charge in [0.15, 0.2) is 5.96 Å². The van der Waals surface area contributed by atoms with Gasteiger partial charge in [0, 0.05) is 6.54 Å². The summed E-state index contributed by atoms with van der Waals surface area (Å²) in [6, 6.07) is 1.35. The summed E-state index contributed by atoms with van der Waals surface area (Å²) in [4.78, 5) is 53.5. The monoisotopic (exact) mass is 523 g/mol. The van der Waals surface area contributed by atoms with E-state index >= 15 is 0 Å².